The normalized spacial score (nSPS) is 15.1. The smallest absolute Gasteiger partial charge is 0.401 e. The lowest BCUT2D eigenvalue weighted by Gasteiger charge is -2.19. The number of halogens is 3. The molecule has 0 saturated heterocycles. The van der Waals surface area contributed by atoms with E-state index in [9.17, 15) is 13.2 Å². The van der Waals surface area contributed by atoms with E-state index in [0.29, 0.717) is 11.5 Å². The quantitative estimate of drug-likeness (QED) is 0.650. The van der Waals surface area contributed by atoms with Crippen LogP contribution in [0.15, 0.2) is 18.2 Å². The number of amidine groups is 1. The topological polar surface area (TPSA) is 77.6 Å². The van der Waals surface area contributed by atoms with Crippen molar-refractivity contribution >= 4 is 5.84 Å². The third kappa shape index (κ3) is 3.01. The third-order valence-corrected chi connectivity index (χ3v) is 2.53. The highest BCUT2D eigenvalue weighted by Crippen LogP contribution is 2.35. The first kappa shape index (κ1) is 13.3. The van der Waals surface area contributed by atoms with Crippen LogP contribution in [0.4, 0.5) is 13.2 Å². The van der Waals surface area contributed by atoms with Gasteiger partial charge in [0.1, 0.15) is 24.1 Å². The minimum absolute atomic E-state index is 0.0669. The van der Waals surface area contributed by atoms with E-state index < -0.39 is 24.5 Å². The molecule has 1 aliphatic heterocycles. The summed E-state index contributed by atoms with van der Waals surface area (Å²) in [6.07, 6.45) is -4.61. The fourth-order valence-corrected chi connectivity index (χ4v) is 1.51. The van der Waals surface area contributed by atoms with Crippen molar-refractivity contribution in [3.63, 3.8) is 0 Å². The summed E-state index contributed by atoms with van der Waals surface area (Å²) >= 11 is 0. The van der Waals surface area contributed by atoms with Gasteiger partial charge in [-0.3, -0.25) is 5.41 Å². The van der Waals surface area contributed by atoms with E-state index in [1.165, 1.54) is 18.2 Å². The molecule has 0 spiro atoms. The molecule has 0 radical (unpaired) electrons. The number of rotatable bonds is 4. The summed E-state index contributed by atoms with van der Waals surface area (Å²) < 4.78 is 52.8. The second kappa shape index (κ2) is 4.87. The summed E-state index contributed by atoms with van der Waals surface area (Å²) in [6, 6.07) is 4.42. The van der Waals surface area contributed by atoms with Gasteiger partial charge in [0, 0.05) is 6.07 Å². The van der Waals surface area contributed by atoms with E-state index in [2.05, 4.69) is 0 Å². The highest BCUT2D eigenvalue weighted by molar-refractivity contribution is 5.80. The number of nitrogens with one attached hydrogen (secondary N) is 1. The van der Waals surface area contributed by atoms with Crippen molar-refractivity contribution in [3.8, 4) is 17.2 Å². The van der Waals surface area contributed by atoms with Gasteiger partial charge in [0.15, 0.2) is 11.5 Å². The lowest BCUT2D eigenvalue weighted by atomic mass is 10.1. The van der Waals surface area contributed by atoms with Gasteiger partial charge in [-0.1, -0.05) is 0 Å². The number of hydrogen-bond donors (Lipinski definition) is 2. The molecule has 1 aromatic carbocycles. The summed E-state index contributed by atoms with van der Waals surface area (Å²) in [5.41, 5.74) is 4.92. The molecular weight excluding hydrogens is 265 g/mol. The summed E-state index contributed by atoms with van der Waals surface area (Å²) in [7, 11) is 0. The van der Waals surface area contributed by atoms with E-state index in [0.717, 1.165) is 0 Å². The van der Waals surface area contributed by atoms with Crippen molar-refractivity contribution in [1.82, 2.24) is 0 Å². The molecule has 1 atom stereocenters. The summed E-state index contributed by atoms with van der Waals surface area (Å²) in [5.74, 6) is -2.00. The van der Waals surface area contributed by atoms with Crippen LogP contribution in [-0.2, 0) is 0 Å². The predicted molar refractivity (Wildman–Crippen MR) is 59.5 cm³/mol. The highest BCUT2D eigenvalue weighted by atomic mass is 19.4. The Morgan fingerprint density at radius 2 is 2.05 bits per heavy atom. The van der Waals surface area contributed by atoms with Gasteiger partial charge in [0.2, 0.25) is 6.79 Å². The average Bonchev–Trinajstić information content (AvgIpc) is 2.73. The number of fused-ring (bicyclic) bond motifs is 1. The van der Waals surface area contributed by atoms with E-state index in [4.69, 9.17) is 25.4 Å². The van der Waals surface area contributed by atoms with Crippen molar-refractivity contribution in [1.29, 1.82) is 5.41 Å². The van der Waals surface area contributed by atoms with Gasteiger partial charge >= 0.3 is 6.18 Å². The van der Waals surface area contributed by atoms with Gasteiger partial charge in [0.05, 0.1) is 0 Å². The molecule has 19 heavy (non-hydrogen) atoms. The molecule has 0 fully saturated rings. The molecular formula is C11H11F3N2O3. The molecule has 0 bridgehead atoms. The van der Waals surface area contributed by atoms with Crippen LogP contribution < -0.4 is 19.9 Å². The Kier molecular flexibility index (Phi) is 3.41. The fourth-order valence-electron chi connectivity index (χ4n) is 1.51. The molecule has 0 aromatic heterocycles. The maximum absolute atomic E-state index is 12.5. The Morgan fingerprint density at radius 1 is 1.37 bits per heavy atom. The van der Waals surface area contributed by atoms with Crippen molar-refractivity contribution in [2.75, 3.05) is 13.4 Å². The Bertz CT molecular complexity index is 491. The summed E-state index contributed by atoms with van der Waals surface area (Å²) in [6.45, 7) is -0.685. The first-order valence-corrected chi connectivity index (χ1v) is 5.31. The Balaban J connectivity index is 2.03. The molecule has 5 nitrogen and oxygen atoms in total. The van der Waals surface area contributed by atoms with E-state index in [-0.39, 0.29) is 12.5 Å². The van der Waals surface area contributed by atoms with Crippen LogP contribution in [0.5, 0.6) is 17.2 Å². The fraction of sp³-hybridized carbons (Fsp3) is 0.364. The maximum Gasteiger partial charge on any atom is 0.401 e. The van der Waals surface area contributed by atoms with Crippen LogP contribution in [0.25, 0.3) is 0 Å². The van der Waals surface area contributed by atoms with Crippen LogP contribution in [0, 0.1) is 11.3 Å². The zero-order valence-electron chi connectivity index (χ0n) is 9.66. The monoisotopic (exact) mass is 276 g/mol. The molecule has 8 heteroatoms. The van der Waals surface area contributed by atoms with Crippen LogP contribution >= 0.6 is 0 Å². The summed E-state index contributed by atoms with van der Waals surface area (Å²) in [4.78, 5) is 0. The van der Waals surface area contributed by atoms with Crippen molar-refractivity contribution in [3.05, 3.63) is 18.2 Å². The van der Waals surface area contributed by atoms with Gasteiger partial charge < -0.3 is 19.9 Å². The first-order chi connectivity index (χ1) is 8.88. The van der Waals surface area contributed by atoms with Crippen LogP contribution in [0.3, 0.4) is 0 Å². The molecule has 0 saturated carbocycles. The van der Waals surface area contributed by atoms with E-state index in [1.54, 1.807) is 0 Å². The predicted octanol–water partition coefficient (Wildman–Crippen LogP) is 1.91. The Morgan fingerprint density at radius 3 is 2.68 bits per heavy atom. The first-order valence-electron chi connectivity index (χ1n) is 5.31. The van der Waals surface area contributed by atoms with E-state index in [1.807, 2.05) is 0 Å². The second-order valence-corrected chi connectivity index (χ2v) is 3.88. The van der Waals surface area contributed by atoms with Gasteiger partial charge in [-0.15, -0.1) is 0 Å². The van der Waals surface area contributed by atoms with Gasteiger partial charge in [0.25, 0.3) is 0 Å². The minimum Gasteiger partial charge on any atom is -0.492 e. The zero-order valence-corrected chi connectivity index (χ0v) is 9.66. The molecule has 3 N–H and O–H groups in total. The average molecular weight is 276 g/mol. The highest BCUT2D eigenvalue weighted by Gasteiger charge is 2.42. The van der Waals surface area contributed by atoms with Gasteiger partial charge in [-0.2, -0.15) is 13.2 Å². The van der Waals surface area contributed by atoms with Crippen molar-refractivity contribution in [2.45, 2.75) is 6.18 Å². The van der Waals surface area contributed by atoms with Crippen molar-refractivity contribution in [2.24, 2.45) is 11.7 Å². The molecule has 0 amide bonds. The van der Waals surface area contributed by atoms with E-state index >= 15 is 0 Å². The third-order valence-electron chi connectivity index (χ3n) is 2.53. The molecule has 1 unspecified atom stereocenters. The lowest BCUT2D eigenvalue weighted by molar-refractivity contribution is -0.162. The molecule has 104 valence electrons. The van der Waals surface area contributed by atoms with Crippen LogP contribution in [0.2, 0.25) is 0 Å². The largest absolute Gasteiger partial charge is 0.492 e. The number of hydrogen-bond acceptors (Lipinski definition) is 4. The second-order valence-electron chi connectivity index (χ2n) is 3.88. The van der Waals surface area contributed by atoms with Crippen molar-refractivity contribution < 1.29 is 27.4 Å². The number of nitrogens with two attached hydrogens (primary N) is 1. The standard InChI is InChI=1S/C11H11F3N2O3/c12-11(13,14)7(10(15)16)4-17-6-1-2-8-9(3-6)19-5-18-8/h1-3,7H,4-5H2,(H3,15,16). The SMILES string of the molecule is N=C(N)C(COc1ccc2c(c1)OCO2)C(F)(F)F. The molecule has 0 aliphatic carbocycles. The summed E-state index contributed by atoms with van der Waals surface area (Å²) in [5, 5.41) is 6.93. The molecule has 1 aliphatic rings. The van der Waals surface area contributed by atoms with Gasteiger partial charge in [-0.05, 0) is 12.1 Å². The minimum atomic E-state index is -4.61. The Hall–Kier alpha value is -2.12. The molecule has 2 rings (SSSR count). The molecule has 1 heterocycles. The lowest BCUT2D eigenvalue weighted by Crippen LogP contribution is -2.39. The maximum atomic E-state index is 12.5. The van der Waals surface area contributed by atoms with Crippen LogP contribution in [0.1, 0.15) is 0 Å². The number of ether oxygens (including phenoxy) is 3. The van der Waals surface area contributed by atoms with Crippen LogP contribution in [-0.4, -0.2) is 25.4 Å². The Labute approximate surface area is 106 Å². The zero-order chi connectivity index (χ0) is 14.0. The van der Waals surface area contributed by atoms with Gasteiger partial charge in [-0.25, -0.2) is 0 Å². The number of benzene rings is 1. The molecule has 1 aromatic rings. The number of alkyl halides is 3.